The van der Waals surface area contributed by atoms with E-state index >= 15 is 0 Å². The van der Waals surface area contributed by atoms with Crippen LogP contribution in [0, 0.1) is 40.4 Å². The van der Waals surface area contributed by atoms with Gasteiger partial charge in [-0.05, 0) is 112 Å². The number of aliphatic hydroxyl groups excluding tert-OH is 2. The number of ether oxygens (including phenoxy) is 1. The van der Waals surface area contributed by atoms with E-state index in [4.69, 9.17) is 4.74 Å². The molecule has 1 aliphatic heterocycles. The Morgan fingerprint density at radius 2 is 1.60 bits per heavy atom. The van der Waals surface area contributed by atoms with Gasteiger partial charge in [0.05, 0.1) is 23.9 Å². The first-order valence-corrected chi connectivity index (χ1v) is 12.8. The average Bonchev–Trinajstić information content (AvgIpc) is 3.23. The van der Waals surface area contributed by atoms with Crippen molar-refractivity contribution < 1.29 is 14.9 Å². The van der Waals surface area contributed by atoms with Gasteiger partial charge in [0.15, 0.2) is 0 Å². The Labute approximate surface area is 183 Å². The molecule has 4 fully saturated rings. The zero-order chi connectivity index (χ0) is 21.5. The van der Waals surface area contributed by atoms with Gasteiger partial charge in [-0.1, -0.05) is 32.4 Å². The number of hydrogen-bond donors (Lipinski definition) is 2. The first-order chi connectivity index (χ1) is 14.1. The Hall–Kier alpha value is -0.380. The normalized spacial score (nSPS) is 53.4. The van der Waals surface area contributed by atoms with Crippen molar-refractivity contribution in [1.82, 2.24) is 0 Å². The summed E-state index contributed by atoms with van der Waals surface area (Å²) in [4.78, 5) is 0. The molecular weight excluding hydrogens is 372 g/mol. The summed E-state index contributed by atoms with van der Waals surface area (Å²) < 4.78 is 6.50. The number of fused-ring (bicyclic) bond motifs is 5. The lowest BCUT2D eigenvalue weighted by Gasteiger charge is -2.58. The van der Waals surface area contributed by atoms with E-state index in [1.54, 1.807) is 5.57 Å². The predicted octanol–water partition coefficient (Wildman–Crippen LogP) is 5.49. The molecule has 0 aromatic rings. The summed E-state index contributed by atoms with van der Waals surface area (Å²) in [6, 6.07) is 0. The van der Waals surface area contributed by atoms with Gasteiger partial charge in [-0.3, -0.25) is 0 Å². The molecule has 170 valence electrons. The van der Waals surface area contributed by atoms with Crippen LogP contribution in [0.2, 0.25) is 0 Å². The highest BCUT2D eigenvalue weighted by Crippen LogP contribution is 2.67. The molecular formula is C27H44O3. The van der Waals surface area contributed by atoms with Gasteiger partial charge in [-0.25, -0.2) is 0 Å². The maximum Gasteiger partial charge on any atom is 0.0835 e. The lowest BCUT2D eigenvalue weighted by Crippen LogP contribution is -2.55. The molecule has 3 heteroatoms. The lowest BCUT2D eigenvalue weighted by molar-refractivity contribution is -0.125. The third-order valence-corrected chi connectivity index (χ3v) is 10.9. The summed E-state index contributed by atoms with van der Waals surface area (Å²) >= 11 is 0. The smallest absolute Gasteiger partial charge is 0.0835 e. The minimum absolute atomic E-state index is 0.0530. The third kappa shape index (κ3) is 3.01. The summed E-state index contributed by atoms with van der Waals surface area (Å²) in [5, 5.41) is 21.0. The van der Waals surface area contributed by atoms with E-state index in [0.29, 0.717) is 29.3 Å². The highest BCUT2D eigenvalue weighted by atomic mass is 16.5. The second kappa shape index (κ2) is 7.06. The topological polar surface area (TPSA) is 49.7 Å². The van der Waals surface area contributed by atoms with Crippen molar-refractivity contribution in [1.29, 1.82) is 0 Å². The van der Waals surface area contributed by atoms with Crippen LogP contribution in [0.1, 0.15) is 92.4 Å². The molecule has 0 spiro atoms. The molecule has 3 nitrogen and oxygen atoms in total. The van der Waals surface area contributed by atoms with Gasteiger partial charge in [0, 0.05) is 0 Å². The molecule has 4 aliphatic carbocycles. The Kier molecular flexibility index (Phi) is 5.05. The second-order valence-corrected chi connectivity index (χ2v) is 12.8. The summed E-state index contributed by atoms with van der Waals surface area (Å²) in [6.45, 7) is 12.0. The van der Waals surface area contributed by atoms with Gasteiger partial charge in [0.25, 0.3) is 0 Å². The van der Waals surface area contributed by atoms with Crippen molar-refractivity contribution in [2.75, 3.05) is 0 Å². The maximum atomic E-state index is 10.8. The molecule has 0 aromatic carbocycles. The highest BCUT2D eigenvalue weighted by Gasteiger charge is 2.60. The highest BCUT2D eigenvalue weighted by molar-refractivity contribution is 5.28. The summed E-state index contributed by atoms with van der Waals surface area (Å²) in [5.41, 5.74) is 2.34. The predicted molar refractivity (Wildman–Crippen MR) is 120 cm³/mol. The quantitative estimate of drug-likeness (QED) is 0.585. The van der Waals surface area contributed by atoms with Gasteiger partial charge in [-0.2, -0.15) is 0 Å². The molecule has 0 aromatic heterocycles. The molecule has 3 saturated carbocycles. The Balaban J connectivity index is 1.39. The van der Waals surface area contributed by atoms with Crippen LogP contribution in [0.15, 0.2) is 11.6 Å². The van der Waals surface area contributed by atoms with Crippen LogP contribution in [0.5, 0.6) is 0 Å². The van der Waals surface area contributed by atoms with E-state index in [9.17, 15) is 10.2 Å². The fourth-order valence-corrected chi connectivity index (χ4v) is 9.12. The molecule has 30 heavy (non-hydrogen) atoms. The molecule has 0 radical (unpaired) electrons. The van der Waals surface area contributed by atoms with Crippen molar-refractivity contribution in [2.45, 2.75) is 116 Å². The van der Waals surface area contributed by atoms with Gasteiger partial charge >= 0.3 is 0 Å². The zero-order valence-corrected chi connectivity index (χ0v) is 19.9. The Morgan fingerprint density at radius 3 is 2.30 bits per heavy atom. The second-order valence-electron chi connectivity index (χ2n) is 12.8. The standard InChI is InChI=1S/C27H44O3/c1-16(23-12-13-25(2,3)30-23)18-8-9-19-17-6-7-21-24(29)22(28)11-15-27(21,5)20(17)10-14-26(18,19)4/h6,16,18-24,28-29H,7-15H2,1-5H3. The molecule has 10 atom stereocenters. The molecule has 5 aliphatic rings. The van der Waals surface area contributed by atoms with E-state index in [1.165, 1.54) is 38.5 Å². The van der Waals surface area contributed by atoms with Crippen LogP contribution < -0.4 is 0 Å². The Morgan fingerprint density at radius 1 is 0.900 bits per heavy atom. The fraction of sp³-hybridized carbons (Fsp3) is 0.926. The van der Waals surface area contributed by atoms with Gasteiger partial charge < -0.3 is 14.9 Å². The van der Waals surface area contributed by atoms with Crippen molar-refractivity contribution in [2.24, 2.45) is 40.4 Å². The van der Waals surface area contributed by atoms with Crippen LogP contribution in [0.3, 0.4) is 0 Å². The number of allylic oxidation sites excluding steroid dienone is 2. The number of aliphatic hydroxyl groups is 2. The van der Waals surface area contributed by atoms with E-state index in [1.807, 2.05) is 0 Å². The van der Waals surface area contributed by atoms with E-state index in [0.717, 1.165) is 25.2 Å². The molecule has 1 saturated heterocycles. The zero-order valence-electron chi connectivity index (χ0n) is 19.9. The fourth-order valence-electron chi connectivity index (χ4n) is 9.12. The number of rotatable bonds is 2. The SMILES string of the molecule is CC(C1CCC(C)(C)O1)C1CCC2C3=CCC4C(O)C(O)CCC4(C)C3CCC21C. The minimum Gasteiger partial charge on any atom is -0.390 e. The van der Waals surface area contributed by atoms with Gasteiger partial charge in [-0.15, -0.1) is 0 Å². The Bertz CT molecular complexity index is 713. The third-order valence-electron chi connectivity index (χ3n) is 10.9. The van der Waals surface area contributed by atoms with Crippen molar-refractivity contribution in [3.8, 4) is 0 Å². The lowest BCUT2D eigenvalue weighted by atomic mass is 9.47. The summed E-state index contributed by atoms with van der Waals surface area (Å²) in [5.74, 6) is 2.93. The number of hydrogen-bond acceptors (Lipinski definition) is 3. The average molecular weight is 417 g/mol. The molecule has 2 N–H and O–H groups in total. The maximum absolute atomic E-state index is 10.8. The first-order valence-electron chi connectivity index (χ1n) is 12.8. The van der Waals surface area contributed by atoms with Crippen LogP contribution in [0.25, 0.3) is 0 Å². The van der Waals surface area contributed by atoms with Gasteiger partial charge in [0.2, 0.25) is 0 Å². The van der Waals surface area contributed by atoms with E-state index < -0.39 is 12.2 Å². The van der Waals surface area contributed by atoms with Crippen LogP contribution in [0.4, 0.5) is 0 Å². The van der Waals surface area contributed by atoms with Crippen LogP contribution >= 0.6 is 0 Å². The molecule has 10 unspecified atom stereocenters. The minimum atomic E-state index is -0.547. The molecule has 0 bridgehead atoms. The monoisotopic (exact) mass is 416 g/mol. The van der Waals surface area contributed by atoms with E-state index in [-0.39, 0.29) is 16.9 Å². The summed E-state index contributed by atoms with van der Waals surface area (Å²) in [7, 11) is 0. The van der Waals surface area contributed by atoms with Crippen LogP contribution in [-0.4, -0.2) is 34.1 Å². The van der Waals surface area contributed by atoms with E-state index in [2.05, 4.69) is 40.7 Å². The first kappa shape index (κ1) is 21.5. The largest absolute Gasteiger partial charge is 0.390 e. The molecule has 0 amide bonds. The van der Waals surface area contributed by atoms with Gasteiger partial charge in [0.1, 0.15) is 0 Å². The summed E-state index contributed by atoms with van der Waals surface area (Å²) in [6.07, 6.45) is 12.3. The van der Waals surface area contributed by atoms with Crippen molar-refractivity contribution >= 4 is 0 Å². The molecule has 5 rings (SSSR count). The van der Waals surface area contributed by atoms with Crippen molar-refractivity contribution in [3.05, 3.63) is 11.6 Å². The molecule has 1 heterocycles. The van der Waals surface area contributed by atoms with Crippen LogP contribution in [-0.2, 0) is 4.74 Å². The van der Waals surface area contributed by atoms with Crippen molar-refractivity contribution in [3.63, 3.8) is 0 Å².